The molecule has 3 amide bonds. The van der Waals surface area contributed by atoms with Crippen LogP contribution in [0.2, 0.25) is 0 Å². The highest BCUT2D eigenvalue weighted by molar-refractivity contribution is 5.91. The fourth-order valence-corrected chi connectivity index (χ4v) is 2.82. The second-order valence-corrected chi connectivity index (χ2v) is 6.43. The summed E-state index contributed by atoms with van der Waals surface area (Å²) in [7, 11) is 0. The van der Waals surface area contributed by atoms with E-state index < -0.39 is 23.9 Å². The van der Waals surface area contributed by atoms with Gasteiger partial charge in [-0.05, 0) is 24.0 Å². The molecule has 2 atom stereocenters. The van der Waals surface area contributed by atoms with Gasteiger partial charge in [0.25, 0.3) is 0 Å². The van der Waals surface area contributed by atoms with Crippen LogP contribution in [0.5, 0.6) is 0 Å². The second-order valence-electron chi connectivity index (χ2n) is 6.43. The first-order valence-corrected chi connectivity index (χ1v) is 8.90. The zero-order chi connectivity index (χ0) is 19.6. The van der Waals surface area contributed by atoms with Crippen molar-refractivity contribution < 1.29 is 14.4 Å². The fourth-order valence-electron chi connectivity index (χ4n) is 2.82. The molecule has 0 heterocycles. The monoisotopic (exact) mass is 367 g/mol. The Morgan fingerprint density at radius 1 is 0.852 bits per heavy atom. The van der Waals surface area contributed by atoms with Crippen molar-refractivity contribution in [1.29, 1.82) is 0 Å². The van der Waals surface area contributed by atoms with Crippen LogP contribution < -0.4 is 16.4 Å². The highest BCUT2D eigenvalue weighted by Gasteiger charge is 2.25. The van der Waals surface area contributed by atoms with Crippen LogP contribution >= 0.6 is 0 Å². The van der Waals surface area contributed by atoms with Gasteiger partial charge in [-0.3, -0.25) is 14.4 Å². The zero-order valence-electron chi connectivity index (χ0n) is 15.4. The minimum absolute atomic E-state index is 0.314. The topological polar surface area (TPSA) is 101 Å². The molecule has 0 spiro atoms. The number of nitrogens with one attached hydrogen (secondary N) is 2. The van der Waals surface area contributed by atoms with E-state index in [1.54, 1.807) is 0 Å². The summed E-state index contributed by atoms with van der Waals surface area (Å²) in [6.45, 7) is 1.35. The maximum Gasteiger partial charge on any atom is 0.243 e. The van der Waals surface area contributed by atoms with E-state index in [1.165, 1.54) is 6.92 Å². The number of aryl methyl sites for hydroxylation is 1. The van der Waals surface area contributed by atoms with Gasteiger partial charge in [-0.2, -0.15) is 0 Å². The average Bonchev–Trinajstić information content (AvgIpc) is 2.65. The summed E-state index contributed by atoms with van der Waals surface area (Å²) < 4.78 is 0. The third-order valence-electron chi connectivity index (χ3n) is 4.20. The SMILES string of the molecule is CC(=O)N[C@H](Cc1ccccc1)C(=O)N[C@@H](CCc1ccccc1)C(N)=O. The summed E-state index contributed by atoms with van der Waals surface area (Å²) in [6, 6.07) is 17.4. The number of hydrogen-bond acceptors (Lipinski definition) is 3. The summed E-state index contributed by atoms with van der Waals surface area (Å²) in [5, 5.41) is 5.33. The van der Waals surface area contributed by atoms with E-state index in [0.29, 0.717) is 19.3 Å². The summed E-state index contributed by atoms with van der Waals surface area (Å²) in [5.41, 5.74) is 7.43. The van der Waals surface area contributed by atoms with Crippen LogP contribution in [0.4, 0.5) is 0 Å². The molecule has 0 aromatic heterocycles. The molecule has 142 valence electrons. The molecule has 0 unspecified atom stereocenters. The van der Waals surface area contributed by atoms with Gasteiger partial charge >= 0.3 is 0 Å². The van der Waals surface area contributed by atoms with Crippen LogP contribution in [0.25, 0.3) is 0 Å². The Balaban J connectivity index is 2.02. The molecule has 0 aliphatic rings. The summed E-state index contributed by atoms with van der Waals surface area (Å²) in [5.74, 6) is -1.34. The predicted molar refractivity (Wildman–Crippen MR) is 104 cm³/mol. The van der Waals surface area contributed by atoms with Gasteiger partial charge < -0.3 is 16.4 Å². The molecule has 2 rings (SSSR count). The Morgan fingerprint density at radius 3 is 1.93 bits per heavy atom. The molecule has 0 saturated heterocycles. The molecule has 6 heteroatoms. The fraction of sp³-hybridized carbons (Fsp3) is 0.286. The lowest BCUT2D eigenvalue weighted by molar-refractivity contribution is -0.130. The van der Waals surface area contributed by atoms with Gasteiger partial charge in [0.1, 0.15) is 12.1 Å². The Labute approximate surface area is 159 Å². The van der Waals surface area contributed by atoms with Crippen molar-refractivity contribution in [2.24, 2.45) is 5.73 Å². The number of carbonyl (C=O) groups is 3. The number of amides is 3. The van der Waals surface area contributed by atoms with Crippen molar-refractivity contribution in [2.45, 2.75) is 38.3 Å². The minimum atomic E-state index is -0.801. The van der Waals surface area contributed by atoms with Crippen molar-refractivity contribution in [3.63, 3.8) is 0 Å². The summed E-state index contributed by atoms with van der Waals surface area (Å²) in [6.07, 6.45) is 1.33. The lowest BCUT2D eigenvalue weighted by atomic mass is 10.0. The van der Waals surface area contributed by atoms with Gasteiger partial charge in [0, 0.05) is 13.3 Å². The molecule has 2 aromatic rings. The number of benzene rings is 2. The number of nitrogens with two attached hydrogens (primary N) is 1. The highest BCUT2D eigenvalue weighted by atomic mass is 16.2. The number of hydrogen-bond donors (Lipinski definition) is 3. The van der Waals surface area contributed by atoms with E-state index >= 15 is 0 Å². The smallest absolute Gasteiger partial charge is 0.243 e. The van der Waals surface area contributed by atoms with E-state index in [1.807, 2.05) is 60.7 Å². The van der Waals surface area contributed by atoms with Crippen molar-refractivity contribution in [3.05, 3.63) is 71.8 Å². The summed E-state index contributed by atoms with van der Waals surface area (Å²) in [4.78, 5) is 36.0. The van der Waals surface area contributed by atoms with Crippen LogP contribution in [0.1, 0.15) is 24.5 Å². The van der Waals surface area contributed by atoms with E-state index in [2.05, 4.69) is 10.6 Å². The van der Waals surface area contributed by atoms with Crippen molar-refractivity contribution in [3.8, 4) is 0 Å². The lowest BCUT2D eigenvalue weighted by Gasteiger charge is -2.21. The molecule has 2 aromatic carbocycles. The van der Waals surface area contributed by atoms with Gasteiger partial charge in [-0.1, -0.05) is 60.7 Å². The van der Waals surface area contributed by atoms with Crippen LogP contribution in [-0.2, 0) is 27.2 Å². The van der Waals surface area contributed by atoms with Gasteiger partial charge in [-0.25, -0.2) is 0 Å². The molecule has 0 aliphatic heterocycles. The van der Waals surface area contributed by atoms with E-state index in [0.717, 1.165) is 11.1 Å². The minimum Gasteiger partial charge on any atom is -0.368 e. The van der Waals surface area contributed by atoms with Gasteiger partial charge in [0.2, 0.25) is 17.7 Å². The first-order valence-electron chi connectivity index (χ1n) is 8.90. The molecule has 6 nitrogen and oxygen atoms in total. The predicted octanol–water partition coefficient (Wildman–Crippen LogP) is 1.34. The Kier molecular flexibility index (Phi) is 7.55. The van der Waals surface area contributed by atoms with Crippen molar-refractivity contribution in [2.75, 3.05) is 0 Å². The highest BCUT2D eigenvalue weighted by Crippen LogP contribution is 2.07. The van der Waals surface area contributed by atoms with Crippen LogP contribution in [0.15, 0.2) is 60.7 Å². The maximum absolute atomic E-state index is 12.7. The molecule has 0 saturated carbocycles. The molecular formula is C21H25N3O3. The molecule has 27 heavy (non-hydrogen) atoms. The maximum atomic E-state index is 12.7. The number of carbonyl (C=O) groups excluding carboxylic acids is 3. The van der Waals surface area contributed by atoms with Gasteiger partial charge in [0.15, 0.2) is 0 Å². The third-order valence-corrected chi connectivity index (χ3v) is 4.20. The third kappa shape index (κ3) is 6.93. The first kappa shape index (κ1) is 20.2. The lowest BCUT2D eigenvalue weighted by Crippen LogP contribution is -2.53. The quantitative estimate of drug-likeness (QED) is 0.623. The standard InChI is InChI=1S/C21H25N3O3/c1-15(25)23-19(14-17-10-6-3-7-11-17)21(27)24-18(20(22)26)13-12-16-8-4-2-5-9-16/h2-11,18-19H,12-14H2,1H3,(H2,22,26)(H,23,25)(H,24,27)/t18-,19+/m0/s1. The van der Waals surface area contributed by atoms with Crippen LogP contribution in [0.3, 0.4) is 0 Å². The summed E-state index contributed by atoms with van der Waals surface area (Å²) >= 11 is 0. The van der Waals surface area contributed by atoms with E-state index in [9.17, 15) is 14.4 Å². The molecule has 0 bridgehead atoms. The Bertz CT molecular complexity index is 763. The number of primary amides is 1. The van der Waals surface area contributed by atoms with Crippen LogP contribution in [-0.4, -0.2) is 29.8 Å². The van der Waals surface area contributed by atoms with Gasteiger partial charge in [-0.15, -0.1) is 0 Å². The van der Waals surface area contributed by atoms with E-state index in [-0.39, 0.29) is 5.91 Å². The molecule has 0 aliphatic carbocycles. The average molecular weight is 367 g/mol. The molecular weight excluding hydrogens is 342 g/mol. The Morgan fingerprint density at radius 2 is 1.41 bits per heavy atom. The normalized spacial score (nSPS) is 12.6. The number of rotatable bonds is 9. The van der Waals surface area contributed by atoms with E-state index in [4.69, 9.17) is 5.73 Å². The Hall–Kier alpha value is -3.15. The molecule has 0 fully saturated rings. The van der Waals surface area contributed by atoms with Gasteiger partial charge in [0.05, 0.1) is 0 Å². The molecule has 0 radical (unpaired) electrons. The zero-order valence-corrected chi connectivity index (χ0v) is 15.4. The first-order chi connectivity index (χ1) is 13.0. The second kappa shape index (κ2) is 10.1. The van der Waals surface area contributed by atoms with Crippen molar-refractivity contribution in [1.82, 2.24) is 10.6 Å². The van der Waals surface area contributed by atoms with Crippen LogP contribution in [0, 0.1) is 0 Å². The largest absolute Gasteiger partial charge is 0.368 e. The molecule has 4 N–H and O–H groups in total. The van der Waals surface area contributed by atoms with Crippen molar-refractivity contribution >= 4 is 17.7 Å².